The molecule has 104 valence electrons. The number of pyridine rings is 1. The molecule has 0 radical (unpaired) electrons. The fourth-order valence-electron chi connectivity index (χ4n) is 2.55. The largest absolute Gasteiger partial charge is 0.492 e. The Labute approximate surface area is 114 Å². The van der Waals surface area contributed by atoms with E-state index in [1.54, 1.807) is 12.3 Å². The Morgan fingerprint density at radius 1 is 1.32 bits per heavy atom. The van der Waals surface area contributed by atoms with E-state index in [9.17, 15) is 4.79 Å². The third-order valence-electron chi connectivity index (χ3n) is 3.65. The molecule has 0 aromatic carbocycles. The second-order valence-corrected chi connectivity index (χ2v) is 5.04. The average molecular weight is 263 g/mol. The minimum atomic E-state index is -0.384. The number of carbonyl (C=O) groups is 1. The third kappa shape index (κ3) is 4.23. The number of carbonyl (C=O) groups excluding carboxylic acids is 1. The van der Waals surface area contributed by atoms with Gasteiger partial charge in [0.1, 0.15) is 5.75 Å². The van der Waals surface area contributed by atoms with Crippen molar-refractivity contribution in [3.05, 3.63) is 24.0 Å². The SMILES string of the molecule is COC(=O)c1cncc(OCCC2CCCCC2)c1. The van der Waals surface area contributed by atoms with Crippen LogP contribution in [0.3, 0.4) is 0 Å². The molecular formula is C15H21NO3. The molecule has 0 saturated heterocycles. The summed E-state index contributed by atoms with van der Waals surface area (Å²) < 4.78 is 10.3. The predicted octanol–water partition coefficient (Wildman–Crippen LogP) is 3.22. The van der Waals surface area contributed by atoms with Crippen LogP contribution in [0.4, 0.5) is 0 Å². The molecule has 0 spiro atoms. The van der Waals surface area contributed by atoms with Gasteiger partial charge in [-0.15, -0.1) is 0 Å². The van der Waals surface area contributed by atoms with Gasteiger partial charge in [0.05, 0.1) is 25.5 Å². The molecule has 19 heavy (non-hydrogen) atoms. The number of nitrogens with zero attached hydrogens (tertiary/aromatic N) is 1. The van der Waals surface area contributed by atoms with Crippen molar-refractivity contribution in [3.8, 4) is 5.75 Å². The van der Waals surface area contributed by atoms with Crippen LogP contribution in [-0.2, 0) is 4.74 Å². The molecule has 2 rings (SSSR count). The quantitative estimate of drug-likeness (QED) is 0.765. The molecule has 0 aliphatic heterocycles. The molecule has 4 nitrogen and oxygen atoms in total. The van der Waals surface area contributed by atoms with Crippen molar-refractivity contribution in [1.29, 1.82) is 0 Å². The molecule has 1 aromatic heterocycles. The highest BCUT2D eigenvalue weighted by Gasteiger charge is 2.13. The van der Waals surface area contributed by atoms with E-state index in [1.165, 1.54) is 45.4 Å². The number of hydrogen-bond acceptors (Lipinski definition) is 4. The molecule has 1 fully saturated rings. The lowest BCUT2D eigenvalue weighted by Crippen LogP contribution is -2.11. The van der Waals surface area contributed by atoms with E-state index in [2.05, 4.69) is 9.72 Å². The molecule has 4 heteroatoms. The summed E-state index contributed by atoms with van der Waals surface area (Å²) in [6, 6.07) is 1.68. The maximum atomic E-state index is 11.4. The molecular weight excluding hydrogens is 242 g/mol. The van der Waals surface area contributed by atoms with Crippen LogP contribution in [0.15, 0.2) is 18.5 Å². The molecule has 0 amide bonds. The Morgan fingerprint density at radius 2 is 2.11 bits per heavy atom. The minimum Gasteiger partial charge on any atom is -0.492 e. The summed E-state index contributed by atoms with van der Waals surface area (Å²) in [5.74, 6) is 1.05. The second kappa shape index (κ2) is 7.12. The molecule has 1 aliphatic rings. The van der Waals surface area contributed by atoms with Crippen LogP contribution in [0, 0.1) is 5.92 Å². The van der Waals surface area contributed by atoms with Gasteiger partial charge in [0, 0.05) is 6.20 Å². The van der Waals surface area contributed by atoms with Crippen molar-refractivity contribution in [2.24, 2.45) is 5.92 Å². The lowest BCUT2D eigenvalue weighted by Gasteiger charge is -2.21. The first-order chi connectivity index (χ1) is 9.29. The first-order valence-electron chi connectivity index (χ1n) is 6.96. The Balaban J connectivity index is 1.80. The highest BCUT2D eigenvalue weighted by Crippen LogP contribution is 2.26. The number of ether oxygens (including phenoxy) is 2. The summed E-state index contributed by atoms with van der Waals surface area (Å²) in [6.07, 6.45) is 10.9. The van der Waals surface area contributed by atoms with Gasteiger partial charge in [0.25, 0.3) is 0 Å². The zero-order valence-electron chi connectivity index (χ0n) is 11.4. The van der Waals surface area contributed by atoms with E-state index in [-0.39, 0.29) is 5.97 Å². The lowest BCUT2D eigenvalue weighted by atomic mass is 9.87. The highest BCUT2D eigenvalue weighted by atomic mass is 16.5. The Bertz CT molecular complexity index is 414. The van der Waals surface area contributed by atoms with E-state index < -0.39 is 0 Å². The summed E-state index contributed by atoms with van der Waals surface area (Å²) in [6.45, 7) is 0.691. The van der Waals surface area contributed by atoms with E-state index in [4.69, 9.17) is 4.74 Å². The second-order valence-electron chi connectivity index (χ2n) is 5.04. The van der Waals surface area contributed by atoms with Gasteiger partial charge in [0.15, 0.2) is 0 Å². The zero-order valence-corrected chi connectivity index (χ0v) is 11.4. The first kappa shape index (κ1) is 13.8. The minimum absolute atomic E-state index is 0.384. The normalized spacial score (nSPS) is 16.1. The molecule has 0 N–H and O–H groups in total. The maximum absolute atomic E-state index is 11.4. The molecule has 1 aliphatic carbocycles. The van der Waals surface area contributed by atoms with E-state index >= 15 is 0 Å². The standard InChI is InChI=1S/C15H21NO3/c1-18-15(17)13-9-14(11-16-10-13)19-8-7-12-5-3-2-4-6-12/h9-12H,2-8H2,1H3. The number of hydrogen-bond donors (Lipinski definition) is 0. The van der Waals surface area contributed by atoms with Crippen molar-refractivity contribution in [2.75, 3.05) is 13.7 Å². The van der Waals surface area contributed by atoms with Crippen molar-refractivity contribution < 1.29 is 14.3 Å². The fraction of sp³-hybridized carbons (Fsp3) is 0.600. The van der Waals surface area contributed by atoms with Crippen molar-refractivity contribution in [3.63, 3.8) is 0 Å². The maximum Gasteiger partial charge on any atom is 0.339 e. The zero-order chi connectivity index (χ0) is 13.5. The molecule has 1 heterocycles. The van der Waals surface area contributed by atoms with Gasteiger partial charge in [-0.1, -0.05) is 32.1 Å². The summed E-state index contributed by atoms with van der Waals surface area (Å²) in [7, 11) is 1.36. The first-order valence-corrected chi connectivity index (χ1v) is 6.96. The Morgan fingerprint density at radius 3 is 2.84 bits per heavy atom. The number of aromatic nitrogens is 1. The molecule has 0 unspecified atom stereocenters. The van der Waals surface area contributed by atoms with Gasteiger partial charge in [-0.25, -0.2) is 4.79 Å². The van der Waals surface area contributed by atoms with Crippen molar-refractivity contribution in [1.82, 2.24) is 4.98 Å². The van der Waals surface area contributed by atoms with Gasteiger partial charge in [-0.05, 0) is 18.4 Å². The topological polar surface area (TPSA) is 48.4 Å². The number of esters is 1. The van der Waals surface area contributed by atoms with E-state index in [1.807, 2.05) is 0 Å². The average Bonchev–Trinajstić information content (AvgIpc) is 2.48. The summed E-state index contributed by atoms with van der Waals surface area (Å²) in [5, 5.41) is 0. The van der Waals surface area contributed by atoms with Gasteiger partial charge >= 0.3 is 5.97 Å². The van der Waals surface area contributed by atoms with Gasteiger partial charge in [0.2, 0.25) is 0 Å². The molecule has 1 aromatic rings. The van der Waals surface area contributed by atoms with E-state index in [0.717, 1.165) is 12.3 Å². The summed E-state index contributed by atoms with van der Waals surface area (Å²) >= 11 is 0. The van der Waals surface area contributed by atoms with E-state index in [0.29, 0.717) is 17.9 Å². The van der Waals surface area contributed by atoms with Crippen LogP contribution < -0.4 is 4.74 Å². The highest BCUT2D eigenvalue weighted by molar-refractivity contribution is 5.89. The van der Waals surface area contributed by atoms with Crippen LogP contribution in [0.25, 0.3) is 0 Å². The van der Waals surface area contributed by atoms with Crippen LogP contribution in [-0.4, -0.2) is 24.7 Å². The molecule has 0 atom stereocenters. The Kier molecular flexibility index (Phi) is 5.19. The third-order valence-corrected chi connectivity index (χ3v) is 3.65. The van der Waals surface area contributed by atoms with Gasteiger partial charge in [-0.2, -0.15) is 0 Å². The number of rotatable bonds is 5. The van der Waals surface area contributed by atoms with Gasteiger partial charge < -0.3 is 9.47 Å². The molecule has 1 saturated carbocycles. The Hall–Kier alpha value is -1.58. The summed E-state index contributed by atoms with van der Waals surface area (Å²) in [5.41, 5.74) is 0.428. The van der Waals surface area contributed by atoms with Crippen LogP contribution in [0.1, 0.15) is 48.9 Å². The fourth-order valence-corrected chi connectivity index (χ4v) is 2.55. The number of methoxy groups -OCH3 is 1. The summed E-state index contributed by atoms with van der Waals surface area (Å²) in [4.78, 5) is 15.4. The monoisotopic (exact) mass is 263 g/mol. The van der Waals surface area contributed by atoms with Crippen LogP contribution in [0.5, 0.6) is 5.75 Å². The smallest absolute Gasteiger partial charge is 0.339 e. The van der Waals surface area contributed by atoms with Gasteiger partial charge in [-0.3, -0.25) is 4.98 Å². The molecule has 0 bridgehead atoms. The lowest BCUT2D eigenvalue weighted by molar-refractivity contribution is 0.0599. The predicted molar refractivity (Wildman–Crippen MR) is 72.3 cm³/mol. The van der Waals surface area contributed by atoms with Crippen molar-refractivity contribution >= 4 is 5.97 Å². The van der Waals surface area contributed by atoms with Crippen LogP contribution in [0.2, 0.25) is 0 Å². The van der Waals surface area contributed by atoms with Crippen LogP contribution >= 0.6 is 0 Å². The van der Waals surface area contributed by atoms with Crippen molar-refractivity contribution in [2.45, 2.75) is 38.5 Å².